The van der Waals surface area contributed by atoms with Crippen LogP contribution in [0, 0.1) is 6.92 Å². The molecule has 0 unspecified atom stereocenters. The number of rotatable bonds is 7. The first-order chi connectivity index (χ1) is 13.1. The Morgan fingerprint density at radius 2 is 1.76 bits per heavy atom. The number of para-hydroxylation sites is 1. The number of ether oxygens (including phenoxy) is 1. The Balaban J connectivity index is 0.00000420. The molecule has 2 aromatic rings. The van der Waals surface area contributed by atoms with Crippen molar-refractivity contribution < 1.29 is 13.2 Å². The van der Waals surface area contributed by atoms with E-state index >= 15 is 0 Å². The number of aryl methyl sites for hydroxylation is 1. The van der Waals surface area contributed by atoms with Gasteiger partial charge in [-0.1, -0.05) is 30.3 Å². The lowest BCUT2D eigenvalue weighted by atomic mass is 10.1. The van der Waals surface area contributed by atoms with Crippen LogP contribution < -0.4 is 15.4 Å². The maximum Gasteiger partial charge on any atom is 0.191 e. The van der Waals surface area contributed by atoms with Crippen molar-refractivity contribution in [2.45, 2.75) is 32.1 Å². The zero-order chi connectivity index (χ0) is 20.8. The van der Waals surface area contributed by atoms with Crippen molar-refractivity contribution in [1.29, 1.82) is 0 Å². The average Bonchev–Trinajstić information content (AvgIpc) is 2.63. The number of guanidine groups is 1. The van der Waals surface area contributed by atoms with E-state index in [0.29, 0.717) is 12.5 Å². The summed E-state index contributed by atoms with van der Waals surface area (Å²) < 4.78 is 28.9. The van der Waals surface area contributed by atoms with Gasteiger partial charge in [-0.3, -0.25) is 4.99 Å². The van der Waals surface area contributed by atoms with Crippen LogP contribution in [0.5, 0.6) is 11.5 Å². The molecule has 0 saturated carbocycles. The van der Waals surface area contributed by atoms with Gasteiger partial charge in [-0.15, -0.1) is 24.0 Å². The summed E-state index contributed by atoms with van der Waals surface area (Å²) in [4.78, 5) is 4.18. The smallest absolute Gasteiger partial charge is 0.191 e. The number of benzene rings is 2. The van der Waals surface area contributed by atoms with Gasteiger partial charge in [-0.25, -0.2) is 8.42 Å². The highest BCUT2D eigenvalue weighted by Crippen LogP contribution is 2.26. The number of hydrogen-bond acceptors (Lipinski definition) is 4. The maximum absolute atomic E-state index is 11.9. The van der Waals surface area contributed by atoms with Gasteiger partial charge in [0.2, 0.25) is 0 Å². The molecule has 0 aliphatic rings. The molecule has 0 fully saturated rings. The van der Waals surface area contributed by atoms with Crippen LogP contribution in [-0.2, 0) is 16.4 Å². The predicted octanol–water partition coefficient (Wildman–Crippen LogP) is 3.89. The first kappa shape index (κ1) is 25.2. The number of sulfone groups is 1. The number of hydrogen-bond donors (Lipinski definition) is 2. The fourth-order valence-corrected chi connectivity index (χ4v) is 2.68. The Kier molecular flexibility index (Phi) is 9.41. The molecule has 2 aromatic carbocycles. The minimum Gasteiger partial charge on any atom is -0.457 e. The topological polar surface area (TPSA) is 79.8 Å². The quantitative estimate of drug-likeness (QED) is 0.322. The second-order valence-electron chi connectivity index (χ2n) is 7.34. The molecule has 0 saturated heterocycles. The molecule has 2 rings (SSSR count). The fraction of sp³-hybridized carbons (Fsp3) is 0.381. The predicted molar refractivity (Wildman–Crippen MR) is 130 cm³/mol. The molecule has 160 valence electrons. The number of nitrogens with one attached hydrogen (secondary N) is 2. The molecule has 2 N–H and O–H groups in total. The SMILES string of the molecule is CN=C(NCc1ccc(C)cc1Oc1ccccc1)NCC(C)(C)S(C)(=O)=O.I. The Morgan fingerprint density at radius 1 is 1.10 bits per heavy atom. The summed E-state index contributed by atoms with van der Waals surface area (Å²) in [5, 5.41) is 6.31. The van der Waals surface area contributed by atoms with Crippen molar-refractivity contribution in [2.24, 2.45) is 4.99 Å². The van der Waals surface area contributed by atoms with E-state index in [-0.39, 0.29) is 30.5 Å². The van der Waals surface area contributed by atoms with Crippen LogP contribution in [0.25, 0.3) is 0 Å². The largest absolute Gasteiger partial charge is 0.457 e. The van der Waals surface area contributed by atoms with Gasteiger partial charge in [0.15, 0.2) is 15.8 Å². The molecule has 0 amide bonds. The molecule has 0 radical (unpaired) electrons. The average molecular weight is 531 g/mol. The van der Waals surface area contributed by atoms with E-state index in [1.54, 1.807) is 20.9 Å². The van der Waals surface area contributed by atoms with Crippen LogP contribution in [0.2, 0.25) is 0 Å². The number of aliphatic imine (C=N–C) groups is 1. The molecule has 0 aliphatic heterocycles. The molecule has 0 aliphatic carbocycles. The third kappa shape index (κ3) is 7.50. The van der Waals surface area contributed by atoms with E-state index in [9.17, 15) is 8.42 Å². The molecule has 0 bridgehead atoms. The molecule has 6 nitrogen and oxygen atoms in total. The van der Waals surface area contributed by atoms with Gasteiger partial charge in [-0.2, -0.15) is 0 Å². The summed E-state index contributed by atoms with van der Waals surface area (Å²) in [5.74, 6) is 2.07. The van der Waals surface area contributed by atoms with E-state index in [0.717, 1.165) is 22.6 Å². The lowest BCUT2D eigenvalue weighted by Crippen LogP contribution is -2.47. The second-order valence-corrected chi connectivity index (χ2v) is 9.99. The summed E-state index contributed by atoms with van der Waals surface area (Å²) in [6, 6.07) is 15.6. The first-order valence-corrected chi connectivity index (χ1v) is 11.0. The van der Waals surface area contributed by atoms with Gasteiger partial charge in [0.05, 0.1) is 4.75 Å². The van der Waals surface area contributed by atoms with E-state index in [1.165, 1.54) is 6.26 Å². The monoisotopic (exact) mass is 531 g/mol. The van der Waals surface area contributed by atoms with E-state index < -0.39 is 14.6 Å². The Bertz CT molecular complexity index is 929. The standard InChI is InChI=1S/C21H29N3O3S.HI/c1-16-11-12-17(19(13-16)27-18-9-7-6-8-10-18)14-23-20(22-4)24-15-21(2,3)28(5,25)26;/h6-13H,14-15H2,1-5H3,(H2,22,23,24);1H. The highest BCUT2D eigenvalue weighted by molar-refractivity contribution is 14.0. The molecule has 0 spiro atoms. The van der Waals surface area contributed by atoms with E-state index in [2.05, 4.69) is 15.6 Å². The van der Waals surface area contributed by atoms with Crippen LogP contribution in [0.3, 0.4) is 0 Å². The molecular weight excluding hydrogens is 501 g/mol. The summed E-state index contributed by atoms with van der Waals surface area (Å²) in [6.07, 6.45) is 1.24. The van der Waals surface area contributed by atoms with Crippen molar-refractivity contribution in [3.05, 3.63) is 59.7 Å². The minimum absolute atomic E-state index is 0. The van der Waals surface area contributed by atoms with E-state index in [1.807, 2.05) is 55.5 Å². The summed E-state index contributed by atoms with van der Waals surface area (Å²) in [7, 11) is -1.53. The van der Waals surface area contributed by atoms with Gasteiger partial charge in [0.1, 0.15) is 11.5 Å². The van der Waals surface area contributed by atoms with E-state index in [4.69, 9.17) is 4.74 Å². The highest BCUT2D eigenvalue weighted by Gasteiger charge is 2.30. The van der Waals surface area contributed by atoms with Gasteiger partial charge < -0.3 is 15.4 Å². The van der Waals surface area contributed by atoms with Crippen molar-refractivity contribution in [3.63, 3.8) is 0 Å². The molecule has 0 atom stereocenters. The molecule has 29 heavy (non-hydrogen) atoms. The third-order valence-corrected chi connectivity index (χ3v) is 6.70. The lowest BCUT2D eigenvalue weighted by molar-refractivity contribution is 0.474. The summed E-state index contributed by atoms with van der Waals surface area (Å²) in [5.41, 5.74) is 2.08. The Labute approximate surface area is 191 Å². The third-order valence-electron chi connectivity index (χ3n) is 4.55. The molecule has 8 heteroatoms. The number of halogens is 1. The van der Waals surface area contributed by atoms with Crippen molar-refractivity contribution in [2.75, 3.05) is 19.8 Å². The van der Waals surface area contributed by atoms with Crippen molar-refractivity contribution in [1.82, 2.24) is 10.6 Å². The van der Waals surface area contributed by atoms with Crippen LogP contribution in [0.1, 0.15) is 25.0 Å². The minimum atomic E-state index is -3.18. The zero-order valence-electron chi connectivity index (χ0n) is 17.5. The first-order valence-electron chi connectivity index (χ1n) is 9.09. The maximum atomic E-state index is 11.9. The van der Waals surface area contributed by atoms with Crippen molar-refractivity contribution >= 4 is 39.8 Å². The zero-order valence-corrected chi connectivity index (χ0v) is 20.7. The van der Waals surface area contributed by atoms with Crippen LogP contribution in [0.4, 0.5) is 0 Å². The van der Waals surface area contributed by atoms with Crippen LogP contribution in [-0.4, -0.2) is 39.0 Å². The second kappa shape index (κ2) is 10.8. The summed E-state index contributed by atoms with van der Waals surface area (Å²) in [6.45, 7) is 6.14. The fourth-order valence-electron chi connectivity index (χ4n) is 2.35. The highest BCUT2D eigenvalue weighted by atomic mass is 127. The normalized spacial score (nSPS) is 12.1. The lowest BCUT2D eigenvalue weighted by Gasteiger charge is -2.24. The van der Waals surface area contributed by atoms with Crippen LogP contribution >= 0.6 is 24.0 Å². The number of nitrogens with zero attached hydrogens (tertiary/aromatic N) is 1. The van der Waals surface area contributed by atoms with Gasteiger partial charge in [-0.05, 0) is 44.5 Å². The molecular formula is C21H30IN3O3S. The Hall–Kier alpha value is -1.81. The Morgan fingerprint density at radius 3 is 2.34 bits per heavy atom. The van der Waals surface area contributed by atoms with Crippen molar-refractivity contribution in [3.8, 4) is 11.5 Å². The summed E-state index contributed by atoms with van der Waals surface area (Å²) >= 11 is 0. The van der Waals surface area contributed by atoms with Gasteiger partial charge >= 0.3 is 0 Å². The van der Waals surface area contributed by atoms with Crippen LogP contribution in [0.15, 0.2) is 53.5 Å². The van der Waals surface area contributed by atoms with Gasteiger partial charge in [0, 0.05) is 32.0 Å². The molecule has 0 heterocycles. The van der Waals surface area contributed by atoms with Gasteiger partial charge in [0.25, 0.3) is 0 Å². The molecule has 0 aromatic heterocycles.